The van der Waals surface area contributed by atoms with Crippen molar-refractivity contribution in [3.05, 3.63) is 51.8 Å². The van der Waals surface area contributed by atoms with Crippen molar-refractivity contribution < 1.29 is 9.84 Å². The van der Waals surface area contributed by atoms with Gasteiger partial charge in [0.1, 0.15) is 17.2 Å². The van der Waals surface area contributed by atoms with Gasteiger partial charge in [0.2, 0.25) is 0 Å². The number of nitrogens with zero attached hydrogens (tertiary/aromatic N) is 3. The van der Waals surface area contributed by atoms with Crippen LogP contribution in [0.2, 0.25) is 0 Å². The maximum absolute atomic E-state index is 11.5. The number of ether oxygens (including phenoxy) is 1. The highest BCUT2D eigenvalue weighted by molar-refractivity contribution is 7.71. The first-order chi connectivity index (χ1) is 15.9. The zero-order chi connectivity index (χ0) is 24.7. The average Bonchev–Trinajstić information content (AvgIpc) is 3.21. The maximum Gasteiger partial charge on any atom is 0.182 e. The summed E-state index contributed by atoms with van der Waals surface area (Å²) in [6.07, 6.45) is 2.38. The van der Waals surface area contributed by atoms with E-state index in [1.807, 2.05) is 43.5 Å². The molecule has 0 spiro atoms. The van der Waals surface area contributed by atoms with E-state index in [0.29, 0.717) is 22.4 Å². The number of hydrogen-bond donors (Lipinski definition) is 2. The Morgan fingerprint density at radius 3 is 2.45 bits per heavy atom. The zero-order valence-electron chi connectivity index (χ0n) is 20.5. The van der Waals surface area contributed by atoms with Gasteiger partial charge < -0.3 is 19.7 Å². The fourth-order valence-electron chi connectivity index (χ4n) is 3.86. The molecule has 33 heavy (non-hydrogen) atoms. The fourth-order valence-corrected chi connectivity index (χ4v) is 4.13. The van der Waals surface area contributed by atoms with Gasteiger partial charge in [0.05, 0.1) is 24.2 Å². The van der Waals surface area contributed by atoms with E-state index in [1.165, 1.54) is 6.07 Å². The number of nitrogens with one attached hydrogen (secondary N) is 1. The Kier molecular flexibility index (Phi) is 9.22. The van der Waals surface area contributed by atoms with Crippen molar-refractivity contribution in [1.29, 1.82) is 0 Å². The van der Waals surface area contributed by atoms with Gasteiger partial charge in [-0.15, -0.1) is 4.91 Å². The van der Waals surface area contributed by atoms with Crippen LogP contribution in [-0.4, -0.2) is 34.4 Å². The van der Waals surface area contributed by atoms with Crippen molar-refractivity contribution in [2.24, 2.45) is 5.18 Å². The number of aromatic nitrogens is 2. The van der Waals surface area contributed by atoms with Gasteiger partial charge in [0.15, 0.2) is 4.77 Å². The molecule has 0 amide bonds. The molecule has 2 aromatic carbocycles. The van der Waals surface area contributed by atoms with Crippen LogP contribution < -0.4 is 9.64 Å². The molecule has 0 unspecified atom stereocenters. The van der Waals surface area contributed by atoms with Crippen LogP contribution in [0.3, 0.4) is 0 Å². The average molecular weight is 471 g/mol. The first-order valence-corrected chi connectivity index (χ1v) is 11.7. The van der Waals surface area contributed by atoms with Crippen molar-refractivity contribution in [3.8, 4) is 28.4 Å². The van der Waals surface area contributed by atoms with Crippen LogP contribution >= 0.6 is 12.2 Å². The second kappa shape index (κ2) is 11.7. The quantitative estimate of drug-likeness (QED) is 0.270. The molecule has 0 aliphatic carbocycles. The Bertz CT molecular complexity index is 1150. The summed E-state index contributed by atoms with van der Waals surface area (Å²) in [7, 11) is 1.66. The number of rotatable bonds is 8. The van der Waals surface area contributed by atoms with Crippen LogP contribution in [0, 0.1) is 9.68 Å². The molecule has 178 valence electrons. The van der Waals surface area contributed by atoms with E-state index in [4.69, 9.17) is 17.0 Å². The highest BCUT2D eigenvalue weighted by Gasteiger charge is 2.19. The summed E-state index contributed by atoms with van der Waals surface area (Å²) in [5.74, 6) is 0.833. The topological polar surface area (TPSA) is 82.8 Å². The number of H-pyrrole nitrogens is 1. The van der Waals surface area contributed by atoms with Gasteiger partial charge in [0.25, 0.3) is 0 Å². The highest BCUT2D eigenvalue weighted by Crippen LogP contribution is 2.38. The third kappa shape index (κ3) is 5.27. The minimum absolute atomic E-state index is 0.0591. The molecule has 0 fully saturated rings. The van der Waals surface area contributed by atoms with Gasteiger partial charge >= 0.3 is 0 Å². The number of nitroso groups, excluding NO2 is 1. The third-order valence-corrected chi connectivity index (χ3v) is 5.72. The molecule has 3 rings (SSSR count). The van der Waals surface area contributed by atoms with Crippen molar-refractivity contribution in [2.45, 2.75) is 54.0 Å². The number of aromatic amines is 1. The van der Waals surface area contributed by atoms with Crippen LogP contribution in [0.1, 0.15) is 47.1 Å². The molecule has 0 aliphatic rings. The normalized spacial score (nSPS) is 10.5. The van der Waals surface area contributed by atoms with E-state index < -0.39 is 0 Å². The number of imidazole rings is 1. The largest absolute Gasteiger partial charge is 0.508 e. The Labute approximate surface area is 201 Å². The summed E-state index contributed by atoms with van der Waals surface area (Å²) in [4.78, 5) is 16.8. The van der Waals surface area contributed by atoms with Gasteiger partial charge in [-0.1, -0.05) is 20.8 Å². The second-order valence-corrected chi connectivity index (χ2v) is 7.88. The summed E-state index contributed by atoms with van der Waals surface area (Å²) in [6, 6.07) is 9.35. The smallest absolute Gasteiger partial charge is 0.182 e. The van der Waals surface area contributed by atoms with Crippen LogP contribution in [0.5, 0.6) is 11.5 Å². The zero-order valence-corrected chi connectivity index (χ0v) is 21.3. The van der Waals surface area contributed by atoms with Crippen LogP contribution in [-0.2, 0) is 6.42 Å². The number of phenolic OH excluding ortho intramolecular Hbond substituents is 1. The summed E-state index contributed by atoms with van der Waals surface area (Å²) < 4.78 is 7.96. The van der Waals surface area contributed by atoms with E-state index in [-0.39, 0.29) is 17.5 Å². The number of hydrogen-bond acceptors (Lipinski definition) is 6. The first-order valence-electron chi connectivity index (χ1n) is 11.3. The molecular formula is C25H34N4O3S. The Morgan fingerprint density at radius 1 is 1.21 bits per heavy atom. The van der Waals surface area contributed by atoms with E-state index in [1.54, 1.807) is 19.4 Å². The number of aromatic hydroxyl groups is 1. The molecule has 7 nitrogen and oxygen atoms in total. The summed E-state index contributed by atoms with van der Waals surface area (Å²) >= 11 is 5.58. The lowest BCUT2D eigenvalue weighted by Gasteiger charge is -2.29. The number of aryl methyl sites for hydroxylation is 1. The van der Waals surface area contributed by atoms with Crippen LogP contribution in [0.25, 0.3) is 16.9 Å². The Hall–Kier alpha value is -3.13. The van der Waals surface area contributed by atoms with Crippen LogP contribution in [0.4, 0.5) is 11.4 Å². The van der Waals surface area contributed by atoms with Crippen molar-refractivity contribution in [2.75, 3.05) is 18.6 Å². The molecule has 0 bridgehead atoms. The summed E-state index contributed by atoms with van der Waals surface area (Å²) in [5.41, 5.74) is 3.97. The van der Waals surface area contributed by atoms with E-state index >= 15 is 0 Å². The molecule has 3 aromatic rings. The van der Waals surface area contributed by atoms with Gasteiger partial charge in [0, 0.05) is 30.4 Å². The van der Waals surface area contributed by atoms with Crippen molar-refractivity contribution in [1.82, 2.24) is 9.55 Å². The summed E-state index contributed by atoms with van der Waals surface area (Å²) in [5, 5.41) is 13.3. The van der Waals surface area contributed by atoms with Gasteiger partial charge in [-0.25, -0.2) is 0 Å². The van der Waals surface area contributed by atoms with E-state index in [2.05, 4.69) is 35.8 Å². The molecule has 2 N–H and O–H groups in total. The summed E-state index contributed by atoms with van der Waals surface area (Å²) in [6.45, 7) is 13.1. The molecule has 0 saturated heterocycles. The third-order valence-electron chi connectivity index (χ3n) is 5.42. The molecule has 1 aromatic heterocycles. The minimum atomic E-state index is 0.0591. The predicted molar refractivity (Wildman–Crippen MR) is 139 cm³/mol. The fraction of sp³-hybridized carbons (Fsp3) is 0.400. The molecule has 0 aliphatic heterocycles. The van der Waals surface area contributed by atoms with Gasteiger partial charge in [-0.3, -0.25) is 4.57 Å². The SMILES string of the molecule is CC.CCc1cc(-c2c[nH]c(=S)n2-c2ccc(OC)c(N(CC)C(C)C)c2)c(N=O)cc1O. The van der Waals surface area contributed by atoms with Gasteiger partial charge in [-0.2, -0.15) is 0 Å². The Balaban J connectivity index is 0.00000187. The molecule has 0 saturated carbocycles. The van der Waals surface area contributed by atoms with E-state index in [0.717, 1.165) is 29.2 Å². The number of anilines is 1. The Morgan fingerprint density at radius 2 is 1.91 bits per heavy atom. The predicted octanol–water partition coefficient (Wildman–Crippen LogP) is 7.14. The standard InChI is InChI=1S/C23H28N4O3S.C2H6/c1-6-15-10-17(18(25-29)12-21(15)28)20-13-24-23(31)27(20)16-8-9-22(30-5)19(11-16)26(7-2)14(3)4;1-2/h8-14,28H,6-7H2,1-5H3,(H,24,31);1-2H3. The van der Waals surface area contributed by atoms with Crippen molar-refractivity contribution >= 4 is 23.6 Å². The van der Waals surface area contributed by atoms with Gasteiger partial charge in [-0.05, 0) is 74.4 Å². The highest BCUT2D eigenvalue weighted by atomic mass is 32.1. The lowest BCUT2D eigenvalue weighted by Crippen LogP contribution is -2.30. The minimum Gasteiger partial charge on any atom is -0.508 e. The first kappa shape index (κ1) is 26.1. The number of phenols is 1. The maximum atomic E-state index is 11.5. The monoisotopic (exact) mass is 470 g/mol. The van der Waals surface area contributed by atoms with Crippen LogP contribution in [0.15, 0.2) is 41.7 Å². The second-order valence-electron chi connectivity index (χ2n) is 7.49. The number of methoxy groups -OCH3 is 1. The van der Waals surface area contributed by atoms with Crippen molar-refractivity contribution in [3.63, 3.8) is 0 Å². The lowest BCUT2D eigenvalue weighted by molar-refractivity contribution is 0.413. The molecule has 1 heterocycles. The molecule has 8 heteroatoms. The number of benzene rings is 2. The van der Waals surface area contributed by atoms with E-state index in [9.17, 15) is 10.0 Å². The molecule has 0 radical (unpaired) electrons. The molecule has 0 atom stereocenters. The molecular weight excluding hydrogens is 436 g/mol. The lowest BCUT2D eigenvalue weighted by atomic mass is 10.0.